The van der Waals surface area contributed by atoms with Gasteiger partial charge in [-0.25, -0.2) is 8.78 Å². The van der Waals surface area contributed by atoms with Crippen LogP contribution in [0.4, 0.5) is 14.5 Å². The minimum atomic E-state index is -0.393. The van der Waals surface area contributed by atoms with E-state index in [1.165, 1.54) is 18.6 Å². The second kappa shape index (κ2) is 5.48. The van der Waals surface area contributed by atoms with Crippen molar-refractivity contribution >= 4 is 5.69 Å². The van der Waals surface area contributed by atoms with Crippen molar-refractivity contribution in [1.82, 2.24) is 0 Å². The molecule has 0 bridgehead atoms. The Hall–Kier alpha value is -1.12. The molecule has 1 aliphatic carbocycles. The first kappa shape index (κ1) is 12.3. The number of rotatable bonds is 2. The summed E-state index contributed by atoms with van der Waals surface area (Å²) in [4.78, 5) is 0. The molecule has 2 rings (SSSR count). The van der Waals surface area contributed by atoms with E-state index in [2.05, 4.69) is 12.2 Å². The van der Waals surface area contributed by atoms with Crippen molar-refractivity contribution in [1.29, 1.82) is 0 Å². The highest BCUT2D eigenvalue weighted by Crippen LogP contribution is 2.26. The van der Waals surface area contributed by atoms with Crippen LogP contribution in [0.25, 0.3) is 0 Å². The van der Waals surface area contributed by atoms with E-state index in [0.29, 0.717) is 5.69 Å². The first-order chi connectivity index (χ1) is 8.15. The lowest BCUT2D eigenvalue weighted by Gasteiger charge is -2.18. The van der Waals surface area contributed by atoms with Gasteiger partial charge >= 0.3 is 0 Å². The fourth-order valence-corrected chi connectivity index (χ4v) is 2.46. The molecule has 2 unspecified atom stereocenters. The van der Waals surface area contributed by atoms with Crippen LogP contribution in [0.15, 0.2) is 18.2 Å². The van der Waals surface area contributed by atoms with Crippen molar-refractivity contribution in [3.63, 3.8) is 0 Å². The van der Waals surface area contributed by atoms with Gasteiger partial charge in [-0.3, -0.25) is 0 Å². The third kappa shape index (κ3) is 3.42. The molecule has 1 aliphatic rings. The summed E-state index contributed by atoms with van der Waals surface area (Å²) in [6, 6.07) is 3.84. The Morgan fingerprint density at radius 3 is 2.76 bits per heavy atom. The van der Waals surface area contributed by atoms with Crippen molar-refractivity contribution in [3.8, 4) is 0 Å². The molecule has 2 atom stereocenters. The van der Waals surface area contributed by atoms with Gasteiger partial charge in [0, 0.05) is 6.04 Å². The van der Waals surface area contributed by atoms with Crippen LogP contribution in [0.1, 0.15) is 39.0 Å². The topological polar surface area (TPSA) is 12.0 Å². The zero-order valence-electron chi connectivity index (χ0n) is 10.2. The maximum absolute atomic E-state index is 13.5. The summed E-state index contributed by atoms with van der Waals surface area (Å²) in [6.45, 7) is 2.26. The van der Waals surface area contributed by atoms with E-state index in [1.807, 2.05) is 0 Å². The van der Waals surface area contributed by atoms with Gasteiger partial charge in [0.2, 0.25) is 0 Å². The van der Waals surface area contributed by atoms with Gasteiger partial charge in [0.1, 0.15) is 11.6 Å². The zero-order chi connectivity index (χ0) is 12.3. The molecule has 1 fully saturated rings. The number of anilines is 1. The molecule has 17 heavy (non-hydrogen) atoms. The van der Waals surface area contributed by atoms with Crippen LogP contribution < -0.4 is 5.32 Å². The van der Waals surface area contributed by atoms with E-state index in [4.69, 9.17) is 0 Å². The molecule has 0 heterocycles. The normalized spacial score (nSPS) is 25.4. The lowest BCUT2D eigenvalue weighted by molar-refractivity contribution is 0.501. The van der Waals surface area contributed by atoms with Crippen molar-refractivity contribution in [2.24, 2.45) is 5.92 Å². The van der Waals surface area contributed by atoms with Gasteiger partial charge < -0.3 is 5.32 Å². The number of hydrogen-bond acceptors (Lipinski definition) is 1. The first-order valence-corrected chi connectivity index (χ1v) is 6.37. The second-order valence-corrected chi connectivity index (χ2v) is 5.08. The van der Waals surface area contributed by atoms with E-state index < -0.39 is 5.82 Å². The second-order valence-electron chi connectivity index (χ2n) is 5.08. The average Bonchev–Trinajstić information content (AvgIpc) is 2.49. The predicted molar refractivity (Wildman–Crippen MR) is 66.0 cm³/mol. The van der Waals surface area contributed by atoms with E-state index in [-0.39, 0.29) is 11.9 Å². The summed E-state index contributed by atoms with van der Waals surface area (Å²) < 4.78 is 26.5. The molecule has 1 aromatic carbocycles. The lowest BCUT2D eigenvalue weighted by Crippen LogP contribution is -2.19. The molecular formula is C14H19F2N. The predicted octanol–water partition coefficient (Wildman–Crippen LogP) is 4.35. The Morgan fingerprint density at radius 1 is 1.12 bits per heavy atom. The Bertz CT molecular complexity index is 378. The Kier molecular flexibility index (Phi) is 3.97. The van der Waals surface area contributed by atoms with Gasteiger partial charge in [0.05, 0.1) is 5.69 Å². The quantitative estimate of drug-likeness (QED) is 0.757. The Labute approximate surface area is 101 Å². The summed E-state index contributed by atoms with van der Waals surface area (Å²) in [5.74, 6) is -0.0151. The summed E-state index contributed by atoms with van der Waals surface area (Å²) in [6.07, 6.45) is 5.64. The van der Waals surface area contributed by atoms with E-state index in [0.717, 1.165) is 37.7 Å². The molecule has 0 aromatic heterocycles. The lowest BCUT2D eigenvalue weighted by atomic mass is 10.0. The van der Waals surface area contributed by atoms with Gasteiger partial charge in [-0.15, -0.1) is 0 Å². The fraction of sp³-hybridized carbons (Fsp3) is 0.571. The minimum Gasteiger partial charge on any atom is -0.380 e. The van der Waals surface area contributed by atoms with E-state index in [9.17, 15) is 8.78 Å². The highest BCUT2D eigenvalue weighted by molar-refractivity contribution is 5.45. The molecule has 1 aromatic rings. The van der Waals surface area contributed by atoms with Gasteiger partial charge in [-0.2, -0.15) is 0 Å². The van der Waals surface area contributed by atoms with Crippen molar-refractivity contribution in [3.05, 3.63) is 29.8 Å². The first-order valence-electron chi connectivity index (χ1n) is 6.37. The number of nitrogens with one attached hydrogen (secondary N) is 1. The van der Waals surface area contributed by atoms with Crippen LogP contribution in [0.3, 0.4) is 0 Å². The Morgan fingerprint density at radius 2 is 1.94 bits per heavy atom. The molecular weight excluding hydrogens is 220 g/mol. The highest BCUT2D eigenvalue weighted by Gasteiger charge is 2.17. The standard InChI is InChI=1S/C14H19F2N/c1-10-3-2-4-12(7-5-10)17-14-9-11(15)6-8-13(14)16/h6,8-10,12,17H,2-5,7H2,1H3. The average molecular weight is 239 g/mol. The van der Waals surface area contributed by atoms with E-state index in [1.54, 1.807) is 0 Å². The van der Waals surface area contributed by atoms with Crippen LogP contribution in [0.2, 0.25) is 0 Å². The summed E-state index contributed by atoms with van der Waals surface area (Å²) in [5, 5.41) is 3.14. The maximum Gasteiger partial charge on any atom is 0.146 e. The molecule has 0 amide bonds. The molecule has 3 heteroatoms. The smallest absolute Gasteiger partial charge is 0.146 e. The van der Waals surface area contributed by atoms with Gasteiger partial charge in [-0.05, 0) is 43.4 Å². The summed E-state index contributed by atoms with van der Waals surface area (Å²) in [7, 11) is 0. The van der Waals surface area contributed by atoms with Crippen LogP contribution in [0, 0.1) is 17.6 Å². The third-order valence-electron chi connectivity index (χ3n) is 3.55. The molecule has 1 N–H and O–H groups in total. The van der Waals surface area contributed by atoms with Crippen LogP contribution in [0.5, 0.6) is 0 Å². The summed E-state index contributed by atoms with van der Waals surface area (Å²) >= 11 is 0. The molecule has 0 aliphatic heterocycles. The monoisotopic (exact) mass is 239 g/mol. The molecule has 1 saturated carbocycles. The maximum atomic E-state index is 13.5. The SMILES string of the molecule is CC1CCCC(Nc2cc(F)ccc2F)CC1. The van der Waals surface area contributed by atoms with E-state index >= 15 is 0 Å². The number of halogens is 2. The summed E-state index contributed by atoms with van der Waals surface area (Å²) in [5.41, 5.74) is 0.296. The largest absolute Gasteiger partial charge is 0.380 e. The molecule has 0 radical (unpaired) electrons. The highest BCUT2D eigenvalue weighted by atomic mass is 19.1. The Balaban J connectivity index is 2.02. The molecule has 94 valence electrons. The van der Waals surface area contributed by atoms with Gasteiger partial charge in [0.25, 0.3) is 0 Å². The van der Waals surface area contributed by atoms with Gasteiger partial charge in [0.15, 0.2) is 0 Å². The zero-order valence-corrected chi connectivity index (χ0v) is 10.2. The fourth-order valence-electron chi connectivity index (χ4n) is 2.46. The van der Waals surface area contributed by atoms with Crippen molar-refractivity contribution in [2.45, 2.75) is 45.1 Å². The van der Waals surface area contributed by atoms with Crippen LogP contribution in [-0.4, -0.2) is 6.04 Å². The number of benzene rings is 1. The van der Waals surface area contributed by atoms with Gasteiger partial charge in [-0.1, -0.05) is 19.8 Å². The molecule has 1 nitrogen and oxygen atoms in total. The molecule has 0 saturated heterocycles. The van der Waals surface area contributed by atoms with Crippen LogP contribution >= 0.6 is 0 Å². The minimum absolute atomic E-state index is 0.274. The number of hydrogen-bond donors (Lipinski definition) is 1. The van der Waals surface area contributed by atoms with Crippen LogP contribution in [-0.2, 0) is 0 Å². The van der Waals surface area contributed by atoms with Crippen molar-refractivity contribution in [2.75, 3.05) is 5.32 Å². The van der Waals surface area contributed by atoms with Crippen molar-refractivity contribution < 1.29 is 8.78 Å². The third-order valence-corrected chi connectivity index (χ3v) is 3.55. The molecule has 0 spiro atoms.